The highest BCUT2D eigenvalue weighted by Gasteiger charge is 2.32. The first-order valence-electron chi connectivity index (χ1n) is 6.88. The zero-order chi connectivity index (χ0) is 13.7. The first-order valence-corrected chi connectivity index (χ1v) is 7.96. The highest BCUT2D eigenvalue weighted by molar-refractivity contribution is 14.1. The van der Waals surface area contributed by atoms with Crippen LogP contribution in [0.2, 0.25) is 0 Å². The number of halogens is 1. The van der Waals surface area contributed by atoms with Gasteiger partial charge in [-0.05, 0) is 54.6 Å². The van der Waals surface area contributed by atoms with Gasteiger partial charge in [0.25, 0.3) is 0 Å². The molecule has 0 aliphatic heterocycles. The zero-order valence-electron chi connectivity index (χ0n) is 11.3. The van der Waals surface area contributed by atoms with Gasteiger partial charge in [-0.25, -0.2) is 0 Å². The standard InChI is InChI=1S/C15H21IN2O/c1-17-15(9-5-2-6-10-15)11-14(19)18-13-8-4-3-7-12(13)16/h3-4,7-8,17H,2,5-6,9-11H2,1H3,(H,18,19). The third-order valence-electron chi connectivity index (χ3n) is 3.99. The summed E-state index contributed by atoms with van der Waals surface area (Å²) < 4.78 is 1.08. The van der Waals surface area contributed by atoms with Gasteiger partial charge in [0.05, 0.1) is 5.69 Å². The molecule has 0 saturated heterocycles. The summed E-state index contributed by atoms with van der Waals surface area (Å²) in [5.74, 6) is 0.111. The Bertz CT molecular complexity index is 442. The van der Waals surface area contributed by atoms with Gasteiger partial charge >= 0.3 is 0 Å². The molecule has 0 spiro atoms. The maximum atomic E-state index is 12.2. The Balaban J connectivity index is 1.98. The summed E-state index contributed by atoms with van der Waals surface area (Å²) >= 11 is 2.25. The monoisotopic (exact) mass is 372 g/mol. The summed E-state index contributed by atoms with van der Waals surface area (Å²) in [5, 5.41) is 6.42. The molecule has 0 heterocycles. The molecule has 104 valence electrons. The molecular formula is C15H21IN2O. The van der Waals surface area contributed by atoms with Crippen LogP contribution in [0.3, 0.4) is 0 Å². The molecule has 1 aromatic rings. The molecule has 0 bridgehead atoms. The van der Waals surface area contributed by atoms with Crippen LogP contribution in [0.1, 0.15) is 38.5 Å². The van der Waals surface area contributed by atoms with Gasteiger partial charge in [0.1, 0.15) is 0 Å². The van der Waals surface area contributed by atoms with Gasteiger partial charge in [-0.3, -0.25) is 4.79 Å². The second-order valence-electron chi connectivity index (χ2n) is 5.30. The van der Waals surface area contributed by atoms with E-state index in [9.17, 15) is 4.79 Å². The van der Waals surface area contributed by atoms with Crippen molar-refractivity contribution in [2.24, 2.45) is 0 Å². The molecule has 0 unspecified atom stereocenters. The lowest BCUT2D eigenvalue weighted by molar-refractivity contribution is -0.117. The number of rotatable bonds is 4. The Hall–Kier alpha value is -0.620. The number of carbonyl (C=O) groups is 1. The van der Waals surface area contributed by atoms with Gasteiger partial charge in [0.15, 0.2) is 0 Å². The van der Waals surface area contributed by atoms with Gasteiger partial charge in [-0.1, -0.05) is 31.4 Å². The van der Waals surface area contributed by atoms with Crippen LogP contribution in [0.15, 0.2) is 24.3 Å². The Morgan fingerprint density at radius 3 is 2.58 bits per heavy atom. The maximum absolute atomic E-state index is 12.2. The molecule has 1 aromatic carbocycles. The van der Waals surface area contributed by atoms with E-state index in [1.807, 2.05) is 31.3 Å². The number of hydrogen-bond acceptors (Lipinski definition) is 2. The number of para-hydroxylation sites is 1. The number of hydrogen-bond donors (Lipinski definition) is 2. The fourth-order valence-corrected chi connectivity index (χ4v) is 3.33. The Morgan fingerprint density at radius 2 is 1.95 bits per heavy atom. The second-order valence-corrected chi connectivity index (χ2v) is 6.46. The van der Waals surface area contributed by atoms with Crippen LogP contribution in [0, 0.1) is 3.57 Å². The fraction of sp³-hybridized carbons (Fsp3) is 0.533. The Labute approximate surface area is 128 Å². The normalized spacial score (nSPS) is 18.0. The molecule has 4 heteroatoms. The third-order valence-corrected chi connectivity index (χ3v) is 4.93. The van der Waals surface area contributed by atoms with Gasteiger partial charge in [-0.2, -0.15) is 0 Å². The van der Waals surface area contributed by atoms with E-state index in [4.69, 9.17) is 0 Å². The fourth-order valence-electron chi connectivity index (χ4n) is 2.81. The average molecular weight is 372 g/mol. The van der Waals surface area contributed by atoms with Crippen LogP contribution < -0.4 is 10.6 Å². The highest BCUT2D eigenvalue weighted by atomic mass is 127. The largest absolute Gasteiger partial charge is 0.325 e. The van der Waals surface area contributed by atoms with Gasteiger partial charge in [-0.15, -0.1) is 0 Å². The average Bonchev–Trinajstić information content (AvgIpc) is 2.42. The van der Waals surface area contributed by atoms with Crippen molar-refractivity contribution in [1.29, 1.82) is 0 Å². The van der Waals surface area contributed by atoms with E-state index in [-0.39, 0.29) is 11.4 Å². The van der Waals surface area contributed by atoms with Gasteiger partial charge < -0.3 is 10.6 Å². The number of benzene rings is 1. The molecule has 1 saturated carbocycles. The predicted molar refractivity (Wildman–Crippen MR) is 87.3 cm³/mol. The lowest BCUT2D eigenvalue weighted by atomic mass is 9.79. The minimum Gasteiger partial charge on any atom is -0.325 e. The molecule has 2 N–H and O–H groups in total. The van der Waals surface area contributed by atoms with E-state index >= 15 is 0 Å². The predicted octanol–water partition coefficient (Wildman–Crippen LogP) is 3.54. The van der Waals surface area contributed by atoms with Crippen molar-refractivity contribution in [3.8, 4) is 0 Å². The van der Waals surface area contributed by atoms with E-state index in [0.717, 1.165) is 22.1 Å². The van der Waals surface area contributed by atoms with Crippen molar-refractivity contribution < 1.29 is 4.79 Å². The van der Waals surface area contributed by atoms with E-state index in [2.05, 4.69) is 33.2 Å². The summed E-state index contributed by atoms with van der Waals surface area (Å²) in [6.45, 7) is 0. The number of nitrogens with one attached hydrogen (secondary N) is 2. The molecule has 0 aromatic heterocycles. The molecule has 3 nitrogen and oxygen atoms in total. The lowest BCUT2D eigenvalue weighted by Crippen LogP contribution is -2.47. The molecule has 19 heavy (non-hydrogen) atoms. The van der Waals surface area contributed by atoms with Gasteiger partial charge in [0, 0.05) is 15.5 Å². The SMILES string of the molecule is CNC1(CC(=O)Nc2ccccc2I)CCCCC1. The van der Waals surface area contributed by atoms with Crippen molar-refractivity contribution >= 4 is 34.2 Å². The zero-order valence-corrected chi connectivity index (χ0v) is 13.5. The van der Waals surface area contributed by atoms with E-state index in [1.165, 1.54) is 19.3 Å². The van der Waals surface area contributed by atoms with Crippen molar-refractivity contribution in [3.05, 3.63) is 27.8 Å². The minimum absolute atomic E-state index is 0.00253. The van der Waals surface area contributed by atoms with Crippen LogP contribution in [0.5, 0.6) is 0 Å². The summed E-state index contributed by atoms with van der Waals surface area (Å²) in [7, 11) is 1.98. The Kier molecular flexibility index (Phi) is 5.21. The van der Waals surface area contributed by atoms with E-state index in [1.54, 1.807) is 0 Å². The number of amides is 1. The van der Waals surface area contributed by atoms with Crippen molar-refractivity contribution in [1.82, 2.24) is 5.32 Å². The first kappa shape index (κ1) is 14.8. The molecule has 1 fully saturated rings. The minimum atomic E-state index is 0.00253. The van der Waals surface area contributed by atoms with Gasteiger partial charge in [0.2, 0.25) is 5.91 Å². The lowest BCUT2D eigenvalue weighted by Gasteiger charge is -2.36. The second kappa shape index (κ2) is 6.70. The van der Waals surface area contributed by atoms with Crippen LogP contribution in [0.25, 0.3) is 0 Å². The van der Waals surface area contributed by atoms with Crippen molar-refractivity contribution in [2.75, 3.05) is 12.4 Å². The summed E-state index contributed by atoms with van der Waals surface area (Å²) in [6.07, 6.45) is 6.50. The molecule has 0 radical (unpaired) electrons. The van der Waals surface area contributed by atoms with Crippen molar-refractivity contribution in [2.45, 2.75) is 44.1 Å². The van der Waals surface area contributed by atoms with Crippen LogP contribution in [0.4, 0.5) is 5.69 Å². The highest BCUT2D eigenvalue weighted by Crippen LogP contribution is 2.31. The number of anilines is 1. The molecule has 1 amide bonds. The quantitative estimate of drug-likeness (QED) is 0.794. The smallest absolute Gasteiger partial charge is 0.226 e. The Morgan fingerprint density at radius 1 is 1.26 bits per heavy atom. The molecule has 1 aliphatic carbocycles. The molecule has 0 atom stereocenters. The van der Waals surface area contributed by atoms with E-state index in [0.29, 0.717) is 6.42 Å². The molecule has 2 rings (SSSR count). The van der Waals surface area contributed by atoms with E-state index < -0.39 is 0 Å². The topological polar surface area (TPSA) is 41.1 Å². The molecular weight excluding hydrogens is 351 g/mol. The maximum Gasteiger partial charge on any atom is 0.226 e. The summed E-state index contributed by atoms with van der Waals surface area (Å²) in [5.41, 5.74) is 0.915. The van der Waals surface area contributed by atoms with Crippen LogP contribution in [-0.4, -0.2) is 18.5 Å². The number of carbonyl (C=O) groups excluding carboxylic acids is 1. The van der Waals surface area contributed by atoms with Crippen LogP contribution >= 0.6 is 22.6 Å². The molecule has 1 aliphatic rings. The summed E-state index contributed by atoms with van der Waals surface area (Å²) in [6, 6.07) is 7.89. The van der Waals surface area contributed by atoms with Crippen LogP contribution in [-0.2, 0) is 4.79 Å². The third kappa shape index (κ3) is 3.92. The van der Waals surface area contributed by atoms with Crippen molar-refractivity contribution in [3.63, 3.8) is 0 Å². The summed E-state index contributed by atoms with van der Waals surface area (Å²) in [4.78, 5) is 12.2. The first-order chi connectivity index (χ1) is 9.15.